The summed E-state index contributed by atoms with van der Waals surface area (Å²) in [4.78, 5) is 0. The second kappa shape index (κ2) is 4.33. The van der Waals surface area contributed by atoms with Gasteiger partial charge in [-0.1, -0.05) is 0 Å². The van der Waals surface area contributed by atoms with Crippen molar-refractivity contribution in [2.24, 2.45) is 4.40 Å². The molecule has 1 unspecified atom stereocenters. The van der Waals surface area contributed by atoms with E-state index in [1.54, 1.807) is 6.21 Å². The van der Waals surface area contributed by atoms with Crippen molar-refractivity contribution in [1.82, 2.24) is 0 Å². The molecule has 0 N–H and O–H groups in total. The third-order valence-electron chi connectivity index (χ3n) is 1.81. The van der Waals surface area contributed by atoms with Crippen molar-refractivity contribution < 1.29 is 8.95 Å². The fourth-order valence-corrected chi connectivity index (χ4v) is 1.56. The van der Waals surface area contributed by atoms with Crippen molar-refractivity contribution in [1.29, 1.82) is 0 Å². The van der Waals surface area contributed by atoms with Crippen LogP contribution >= 0.6 is 0 Å². The predicted molar refractivity (Wildman–Crippen MR) is 55.4 cm³/mol. The van der Waals surface area contributed by atoms with Crippen molar-refractivity contribution in [3.63, 3.8) is 0 Å². The van der Waals surface area contributed by atoms with E-state index in [1.807, 2.05) is 20.8 Å². The van der Waals surface area contributed by atoms with Crippen molar-refractivity contribution in [3.8, 4) is 0 Å². The zero-order chi connectivity index (χ0) is 9.90. The molecule has 2 atom stereocenters. The van der Waals surface area contributed by atoms with E-state index in [9.17, 15) is 4.21 Å². The molecule has 0 aromatic heterocycles. The van der Waals surface area contributed by atoms with Crippen LogP contribution in [0.5, 0.6) is 0 Å². The summed E-state index contributed by atoms with van der Waals surface area (Å²) in [6, 6.07) is 0. The highest BCUT2D eigenvalue weighted by Crippen LogP contribution is 2.14. The lowest BCUT2D eigenvalue weighted by Crippen LogP contribution is -2.20. The number of rotatable bonds is 2. The normalized spacial score (nSPS) is 26.8. The summed E-state index contributed by atoms with van der Waals surface area (Å²) in [7, 11) is -1.14. The molecule has 0 radical (unpaired) electrons. The molecule has 1 heterocycles. The van der Waals surface area contributed by atoms with E-state index >= 15 is 0 Å². The molecule has 3 nitrogen and oxygen atoms in total. The van der Waals surface area contributed by atoms with Gasteiger partial charge in [-0.25, -0.2) is 4.21 Å². The van der Waals surface area contributed by atoms with Gasteiger partial charge in [0.1, 0.15) is 11.0 Å². The van der Waals surface area contributed by atoms with E-state index in [1.165, 1.54) is 0 Å². The van der Waals surface area contributed by atoms with Gasteiger partial charge in [-0.3, -0.25) is 0 Å². The van der Waals surface area contributed by atoms with Gasteiger partial charge in [-0.15, -0.1) is 0 Å². The lowest BCUT2D eigenvalue weighted by molar-refractivity contribution is 0.162. The Hall–Kier alpha value is -0.220. The Labute approximate surface area is 82.2 Å². The minimum Gasteiger partial charge on any atom is -0.373 e. The average molecular weight is 203 g/mol. The second-order valence-electron chi connectivity index (χ2n) is 4.17. The summed E-state index contributed by atoms with van der Waals surface area (Å²) in [6.07, 6.45) is 3.87. The third kappa shape index (κ3) is 3.56. The van der Waals surface area contributed by atoms with Crippen LogP contribution in [0.15, 0.2) is 4.40 Å². The molecule has 76 valence electrons. The molecular formula is C9H17NO2S. The van der Waals surface area contributed by atoms with Crippen molar-refractivity contribution in [3.05, 3.63) is 0 Å². The van der Waals surface area contributed by atoms with Gasteiger partial charge in [0.05, 0.1) is 10.9 Å². The van der Waals surface area contributed by atoms with Crippen molar-refractivity contribution in [2.75, 3.05) is 6.61 Å². The molecule has 0 aliphatic carbocycles. The molecule has 1 aliphatic heterocycles. The van der Waals surface area contributed by atoms with Gasteiger partial charge in [-0.2, -0.15) is 4.40 Å². The van der Waals surface area contributed by atoms with Gasteiger partial charge < -0.3 is 4.74 Å². The van der Waals surface area contributed by atoms with E-state index in [2.05, 4.69) is 4.40 Å². The minimum atomic E-state index is -1.14. The summed E-state index contributed by atoms with van der Waals surface area (Å²) in [6.45, 7) is 6.54. The van der Waals surface area contributed by atoms with E-state index in [0.29, 0.717) is 0 Å². The second-order valence-corrected chi connectivity index (χ2v) is 6.10. The van der Waals surface area contributed by atoms with Gasteiger partial charge in [0.15, 0.2) is 0 Å². The lowest BCUT2D eigenvalue weighted by atomic mass is 10.3. The topological polar surface area (TPSA) is 38.7 Å². The number of nitrogens with zero attached hydrogens (tertiary/aromatic N) is 1. The molecule has 13 heavy (non-hydrogen) atoms. The first kappa shape index (κ1) is 10.9. The highest BCUT2D eigenvalue weighted by atomic mass is 32.2. The highest BCUT2D eigenvalue weighted by Gasteiger charge is 2.19. The monoisotopic (exact) mass is 203 g/mol. The third-order valence-corrected chi connectivity index (χ3v) is 3.17. The Balaban J connectivity index is 2.43. The van der Waals surface area contributed by atoms with Gasteiger partial charge in [0.25, 0.3) is 0 Å². The fraction of sp³-hybridized carbons (Fsp3) is 0.889. The van der Waals surface area contributed by atoms with Gasteiger partial charge in [0.2, 0.25) is 0 Å². The van der Waals surface area contributed by atoms with Crippen molar-refractivity contribution in [2.45, 2.75) is 44.5 Å². The van der Waals surface area contributed by atoms with Crippen LogP contribution in [0.2, 0.25) is 0 Å². The molecule has 0 bridgehead atoms. The number of hydrogen-bond donors (Lipinski definition) is 0. The van der Waals surface area contributed by atoms with Crippen LogP contribution in [-0.2, 0) is 15.7 Å². The van der Waals surface area contributed by atoms with Gasteiger partial charge >= 0.3 is 0 Å². The van der Waals surface area contributed by atoms with Crippen LogP contribution < -0.4 is 0 Å². The Morgan fingerprint density at radius 1 is 1.54 bits per heavy atom. The lowest BCUT2D eigenvalue weighted by Gasteiger charge is -2.13. The molecule has 0 amide bonds. The highest BCUT2D eigenvalue weighted by molar-refractivity contribution is 7.85. The zero-order valence-corrected chi connectivity index (χ0v) is 9.26. The van der Waals surface area contributed by atoms with Crippen LogP contribution in [0.3, 0.4) is 0 Å². The van der Waals surface area contributed by atoms with E-state index in [-0.39, 0.29) is 10.9 Å². The predicted octanol–water partition coefficient (Wildman–Crippen LogP) is 1.70. The Morgan fingerprint density at radius 2 is 2.23 bits per heavy atom. The van der Waals surface area contributed by atoms with Gasteiger partial charge in [0, 0.05) is 12.8 Å². The fourth-order valence-electron chi connectivity index (χ4n) is 1.00. The smallest absolute Gasteiger partial charge is 0.144 e. The van der Waals surface area contributed by atoms with Crippen LogP contribution in [0.4, 0.5) is 0 Å². The SMILES string of the molecule is CC(C)(C)S(=O)/N=C/[C@@H]1CCCO1. The number of ether oxygens (including phenoxy) is 1. The first-order valence-electron chi connectivity index (χ1n) is 4.58. The summed E-state index contributed by atoms with van der Waals surface area (Å²) in [5.74, 6) is 0. The van der Waals surface area contributed by atoms with E-state index in [4.69, 9.17) is 4.74 Å². The summed E-state index contributed by atoms with van der Waals surface area (Å²) >= 11 is 0. The molecule has 1 rings (SSSR count). The summed E-state index contributed by atoms with van der Waals surface area (Å²) in [5.41, 5.74) is 0. The molecule has 1 fully saturated rings. The molecule has 1 saturated heterocycles. The molecule has 1 aliphatic rings. The average Bonchev–Trinajstić information content (AvgIpc) is 2.50. The maximum absolute atomic E-state index is 11.5. The van der Waals surface area contributed by atoms with E-state index < -0.39 is 11.0 Å². The minimum absolute atomic E-state index is 0.0892. The van der Waals surface area contributed by atoms with Crippen LogP contribution in [0.1, 0.15) is 33.6 Å². The van der Waals surface area contributed by atoms with E-state index in [0.717, 1.165) is 19.4 Å². The maximum Gasteiger partial charge on any atom is 0.144 e. The quantitative estimate of drug-likeness (QED) is 0.641. The van der Waals surface area contributed by atoms with Crippen LogP contribution in [-0.4, -0.2) is 27.9 Å². The number of hydrogen-bond acceptors (Lipinski definition) is 2. The zero-order valence-electron chi connectivity index (χ0n) is 8.45. The van der Waals surface area contributed by atoms with Gasteiger partial charge in [-0.05, 0) is 33.6 Å². The first-order valence-corrected chi connectivity index (χ1v) is 5.68. The molecule has 4 heteroatoms. The Morgan fingerprint density at radius 3 is 2.69 bits per heavy atom. The molecule has 0 saturated carbocycles. The molecule has 0 spiro atoms. The summed E-state index contributed by atoms with van der Waals surface area (Å²) in [5, 5.41) is 0. The molecule has 0 aromatic rings. The molecule has 0 aromatic carbocycles. The Kier molecular flexibility index (Phi) is 3.62. The molecular weight excluding hydrogens is 186 g/mol. The first-order chi connectivity index (χ1) is 6.00. The maximum atomic E-state index is 11.5. The van der Waals surface area contributed by atoms with Crippen LogP contribution in [0, 0.1) is 0 Å². The largest absolute Gasteiger partial charge is 0.373 e. The summed E-state index contributed by atoms with van der Waals surface area (Å²) < 4.78 is 20.5. The van der Waals surface area contributed by atoms with Crippen molar-refractivity contribution >= 4 is 17.2 Å². The van der Waals surface area contributed by atoms with Crippen LogP contribution in [0.25, 0.3) is 0 Å². The standard InChI is InChI=1S/C9H17NO2S/c1-9(2,3)13(11)10-7-8-5-4-6-12-8/h7-8H,4-6H2,1-3H3/b10-7+/t8-,13?/m0/s1. The Bertz CT molecular complexity index is 214.